The number of carbonyl (C=O) groups is 1. The summed E-state index contributed by atoms with van der Waals surface area (Å²) in [5.41, 5.74) is 5.59. The zero-order valence-electron chi connectivity index (χ0n) is 14.9. The molecule has 0 aliphatic heterocycles. The molecule has 3 unspecified atom stereocenters. The van der Waals surface area contributed by atoms with Gasteiger partial charge in [-0.1, -0.05) is 18.6 Å². The van der Waals surface area contributed by atoms with Crippen LogP contribution in [0.4, 0.5) is 4.79 Å². The molecule has 1 amide bonds. The van der Waals surface area contributed by atoms with Gasteiger partial charge in [-0.05, 0) is 46.5 Å². The third-order valence-electron chi connectivity index (χ3n) is 4.45. The Morgan fingerprint density at radius 3 is 2.61 bits per heavy atom. The van der Waals surface area contributed by atoms with E-state index in [4.69, 9.17) is 19.9 Å². The first-order valence-electron chi connectivity index (χ1n) is 8.21. The van der Waals surface area contributed by atoms with Crippen LogP contribution in [-0.4, -0.2) is 48.3 Å². The summed E-state index contributed by atoms with van der Waals surface area (Å²) in [6, 6.07) is 0. The summed E-state index contributed by atoms with van der Waals surface area (Å²) < 4.78 is 16.6. The van der Waals surface area contributed by atoms with Gasteiger partial charge in [-0.15, -0.1) is 0 Å². The molecule has 0 aromatic heterocycles. The molecule has 0 saturated heterocycles. The number of hydrogen-bond acceptors (Lipinski definition) is 5. The minimum Gasteiger partial charge on any atom is -0.444 e. The number of nitrogens with two attached hydrogens (primary N) is 1. The molecule has 0 radical (unpaired) electrons. The smallest absolute Gasteiger partial charge is 0.404 e. The van der Waals surface area contributed by atoms with Gasteiger partial charge in [-0.2, -0.15) is 0 Å². The lowest BCUT2D eigenvalue weighted by atomic mass is 9.79. The minimum absolute atomic E-state index is 0.0238. The molecule has 134 valence electrons. The number of aliphatic hydroxyl groups excluding tert-OH is 1. The molecule has 1 aliphatic rings. The van der Waals surface area contributed by atoms with E-state index < -0.39 is 30.0 Å². The Morgan fingerprint density at radius 1 is 1.48 bits per heavy atom. The maximum absolute atomic E-state index is 11.0. The van der Waals surface area contributed by atoms with Crippen LogP contribution in [0.25, 0.3) is 0 Å². The van der Waals surface area contributed by atoms with Gasteiger partial charge in [-0.3, -0.25) is 0 Å². The normalized spacial score (nSPS) is 32.2. The first-order valence-corrected chi connectivity index (χ1v) is 8.21. The lowest BCUT2D eigenvalue weighted by Crippen LogP contribution is -2.59. The Morgan fingerprint density at radius 2 is 2.13 bits per heavy atom. The van der Waals surface area contributed by atoms with Crippen LogP contribution in [0.5, 0.6) is 0 Å². The monoisotopic (exact) mass is 329 g/mol. The maximum Gasteiger partial charge on any atom is 0.404 e. The average Bonchev–Trinajstić information content (AvgIpc) is 2.47. The molecular weight excluding hydrogens is 298 g/mol. The molecule has 0 heterocycles. The fourth-order valence-corrected chi connectivity index (χ4v) is 3.02. The lowest BCUT2D eigenvalue weighted by molar-refractivity contribution is -0.222. The van der Waals surface area contributed by atoms with Crippen LogP contribution in [0.2, 0.25) is 0 Å². The van der Waals surface area contributed by atoms with Crippen LogP contribution >= 0.6 is 0 Å². The quantitative estimate of drug-likeness (QED) is 0.700. The van der Waals surface area contributed by atoms with Gasteiger partial charge < -0.3 is 25.1 Å². The van der Waals surface area contributed by atoms with Gasteiger partial charge in [0.15, 0.2) is 0 Å². The zero-order valence-corrected chi connectivity index (χ0v) is 14.9. The first kappa shape index (κ1) is 19.9. The molecule has 6 heteroatoms. The van der Waals surface area contributed by atoms with E-state index in [1.54, 1.807) is 0 Å². The van der Waals surface area contributed by atoms with E-state index in [0.29, 0.717) is 12.8 Å². The Balaban J connectivity index is 2.81. The van der Waals surface area contributed by atoms with E-state index in [9.17, 15) is 9.90 Å². The zero-order chi connectivity index (χ0) is 17.6. The second kappa shape index (κ2) is 8.66. The van der Waals surface area contributed by atoms with Crippen LogP contribution < -0.4 is 5.73 Å². The van der Waals surface area contributed by atoms with Crippen molar-refractivity contribution >= 4 is 6.09 Å². The third kappa shape index (κ3) is 5.48. The summed E-state index contributed by atoms with van der Waals surface area (Å²) >= 11 is 0. The summed E-state index contributed by atoms with van der Waals surface area (Å²) in [6.07, 6.45) is 1.96. The van der Waals surface area contributed by atoms with E-state index in [1.807, 2.05) is 6.92 Å². The highest BCUT2D eigenvalue weighted by molar-refractivity contribution is 5.64. The molecule has 3 N–H and O–H groups in total. The molecular formula is C17H31NO5. The van der Waals surface area contributed by atoms with Crippen molar-refractivity contribution in [1.29, 1.82) is 0 Å². The summed E-state index contributed by atoms with van der Waals surface area (Å²) in [5, 5.41) is 10.7. The lowest BCUT2D eigenvalue weighted by Gasteiger charge is -2.46. The number of amides is 1. The number of primary amides is 1. The van der Waals surface area contributed by atoms with Crippen LogP contribution in [0.3, 0.4) is 0 Å². The first-order chi connectivity index (χ1) is 10.7. The van der Waals surface area contributed by atoms with Crippen LogP contribution in [0, 0.1) is 0 Å². The van der Waals surface area contributed by atoms with Gasteiger partial charge in [0.25, 0.3) is 0 Å². The van der Waals surface area contributed by atoms with Crippen molar-refractivity contribution in [2.75, 3.05) is 7.11 Å². The number of rotatable bonds is 7. The van der Waals surface area contributed by atoms with Crippen LogP contribution in [0.15, 0.2) is 11.6 Å². The standard InChI is InChI=1S/C17H31NO5/c1-6-12(8-7-11(2)3)23-17(4)10-9-13(22-16(18)20)14(21-5)15(17)19/h7,12-15,19H,6,8-10H2,1-5H3,(H2,18,20)/t12-,13?,14?,15?,17-/m1/s1. The van der Waals surface area contributed by atoms with Crippen LogP contribution in [0.1, 0.15) is 53.4 Å². The molecule has 0 bridgehead atoms. The van der Waals surface area contributed by atoms with Crippen molar-refractivity contribution in [2.45, 2.75) is 83.4 Å². The molecule has 1 aliphatic carbocycles. The number of hydrogen-bond donors (Lipinski definition) is 2. The van der Waals surface area contributed by atoms with Gasteiger partial charge in [0.05, 0.1) is 11.7 Å². The molecule has 0 aromatic carbocycles. The third-order valence-corrected chi connectivity index (χ3v) is 4.45. The molecule has 0 aromatic rings. The number of allylic oxidation sites excluding steroid dienone is 1. The van der Waals surface area contributed by atoms with Gasteiger partial charge in [0.1, 0.15) is 18.3 Å². The Kier molecular flexibility index (Phi) is 7.51. The molecule has 6 nitrogen and oxygen atoms in total. The number of aliphatic hydroxyl groups is 1. The van der Waals surface area contributed by atoms with Crippen LogP contribution in [-0.2, 0) is 14.2 Å². The Labute approximate surface area is 139 Å². The Bertz CT molecular complexity index is 421. The second-order valence-corrected chi connectivity index (χ2v) is 6.64. The largest absolute Gasteiger partial charge is 0.444 e. The van der Waals surface area contributed by atoms with Crippen molar-refractivity contribution in [3.8, 4) is 0 Å². The van der Waals surface area contributed by atoms with Crippen molar-refractivity contribution < 1.29 is 24.1 Å². The number of carbonyl (C=O) groups excluding carboxylic acids is 1. The summed E-state index contributed by atoms with van der Waals surface area (Å²) in [5.74, 6) is 0. The van der Waals surface area contributed by atoms with Crippen molar-refractivity contribution in [1.82, 2.24) is 0 Å². The van der Waals surface area contributed by atoms with E-state index >= 15 is 0 Å². The molecule has 1 fully saturated rings. The van der Waals surface area contributed by atoms with Crippen molar-refractivity contribution in [3.05, 3.63) is 11.6 Å². The molecule has 5 atom stereocenters. The topological polar surface area (TPSA) is 91.0 Å². The van der Waals surface area contributed by atoms with Gasteiger partial charge in [0.2, 0.25) is 0 Å². The second-order valence-electron chi connectivity index (χ2n) is 6.64. The number of methoxy groups -OCH3 is 1. The summed E-state index contributed by atoms with van der Waals surface area (Å²) in [7, 11) is 1.48. The highest BCUT2D eigenvalue weighted by Gasteiger charge is 2.49. The number of ether oxygens (including phenoxy) is 3. The minimum atomic E-state index is -0.897. The predicted molar refractivity (Wildman–Crippen MR) is 88.1 cm³/mol. The fourth-order valence-electron chi connectivity index (χ4n) is 3.02. The van der Waals surface area contributed by atoms with E-state index in [-0.39, 0.29) is 6.10 Å². The van der Waals surface area contributed by atoms with E-state index in [2.05, 4.69) is 26.8 Å². The highest BCUT2D eigenvalue weighted by atomic mass is 16.6. The fraction of sp³-hybridized carbons (Fsp3) is 0.824. The molecule has 0 spiro atoms. The highest BCUT2D eigenvalue weighted by Crippen LogP contribution is 2.36. The summed E-state index contributed by atoms with van der Waals surface area (Å²) in [6.45, 7) is 8.05. The maximum atomic E-state index is 11.0. The molecule has 1 saturated carbocycles. The van der Waals surface area contributed by atoms with Gasteiger partial charge >= 0.3 is 6.09 Å². The Hall–Kier alpha value is -1.11. The average molecular weight is 329 g/mol. The van der Waals surface area contributed by atoms with E-state index in [1.165, 1.54) is 12.7 Å². The van der Waals surface area contributed by atoms with Gasteiger partial charge in [0, 0.05) is 7.11 Å². The summed E-state index contributed by atoms with van der Waals surface area (Å²) in [4.78, 5) is 11.0. The van der Waals surface area contributed by atoms with Crippen molar-refractivity contribution in [3.63, 3.8) is 0 Å². The molecule has 1 rings (SSSR count). The SMILES string of the molecule is CC[C@H](CC=C(C)C)O[C@]1(C)CCC(OC(N)=O)C(OC)C1O. The van der Waals surface area contributed by atoms with E-state index in [0.717, 1.165) is 12.8 Å². The van der Waals surface area contributed by atoms with Gasteiger partial charge in [-0.25, -0.2) is 4.79 Å². The predicted octanol–water partition coefficient (Wildman–Crippen LogP) is 2.53. The van der Waals surface area contributed by atoms with Crippen molar-refractivity contribution in [2.24, 2.45) is 5.73 Å². The molecule has 23 heavy (non-hydrogen) atoms.